The van der Waals surface area contributed by atoms with Crippen molar-refractivity contribution in [3.8, 4) is 22.3 Å². The SMILES string of the molecule is Cc1noc(C)c1-c1cc(-c2c(C)nn(C)c2C)cc2[nH]cnc12. The van der Waals surface area contributed by atoms with Gasteiger partial charge in [-0.1, -0.05) is 5.16 Å². The first-order chi connectivity index (χ1) is 11.5. The summed E-state index contributed by atoms with van der Waals surface area (Å²) in [4.78, 5) is 7.72. The number of fused-ring (bicyclic) bond motifs is 1. The number of rotatable bonds is 2. The molecule has 0 aliphatic carbocycles. The molecule has 1 N–H and O–H groups in total. The minimum atomic E-state index is 0.800. The van der Waals surface area contributed by atoms with E-state index in [4.69, 9.17) is 4.52 Å². The normalized spacial score (nSPS) is 11.5. The van der Waals surface area contributed by atoms with E-state index in [0.29, 0.717) is 0 Å². The van der Waals surface area contributed by atoms with Gasteiger partial charge in [-0.05, 0) is 45.4 Å². The van der Waals surface area contributed by atoms with Gasteiger partial charge in [0.05, 0.1) is 28.7 Å². The summed E-state index contributed by atoms with van der Waals surface area (Å²) in [5, 5.41) is 8.64. The van der Waals surface area contributed by atoms with E-state index in [1.54, 1.807) is 6.33 Å². The van der Waals surface area contributed by atoms with Gasteiger partial charge in [0.1, 0.15) is 5.76 Å². The third-order valence-corrected chi connectivity index (χ3v) is 4.62. The monoisotopic (exact) mass is 321 g/mol. The predicted octanol–water partition coefficient (Wildman–Crippen LogP) is 3.85. The summed E-state index contributed by atoms with van der Waals surface area (Å²) in [6, 6.07) is 4.29. The zero-order valence-electron chi connectivity index (χ0n) is 14.4. The van der Waals surface area contributed by atoms with E-state index < -0.39 is 0 Å². The first-order valence-electron chi connectivity index (χ1n) is 7.88. The summed E-state index contributed by atoms with van der Waals surface area (Å²) in [5.41, 5.74) is 9.24. The Hall–Kier alpha value is -2.89. The number of aromatic amines is 1. The molecule has 6 nitrogen and oxygen atoms in total. The lowest BCUT2D eigenvalue weighted by molar-refractivity contribution is 0.393. The van der Waals surface area contributed by atoms with Crippen LogP contribution in [0.3, 0.4) is 0 Å². The van der Waals surface area contributed by atoms with Crippen molar-refractivity contribution in [1.29, 1.82) is 0 Å². The molecule has 6 heteroatoms. The molecule has 0 atom stereocenters. The highest BCUT2D eigenvalue weighted by molar-refractivity contribution is 5.97. The maximum Gasteiger partial charge on any atom is 0.141 e. The lowest BCUT2D eigenvalue weighted by Crippen LogP contribution is -1.93. The number of H-pyrrole nitrogens is 1. The summed E-state index contributed by atoms with van der Waals surface area (Å²) in [6.45, 7) is 8.01. The second-order valence-corrected chi connectivity index (χ2v) is 6.19. The Labute approximate surface area is 139 Å². The van der Waals surface area contributed by atoms with Crippen LogP contribution in [-0.2, 0) is 7.05 Å². The van der Waals surface area contributed by atoms with Crippen LogP contribution in [0.1, 0.15) is 22.8 Å². The van der Waals surface area contributed by atoms with Crippen LogP contribution >= 0.6 is 0 Å². The first kappa shape index (κ1) is 14.7. The average Bonchev–Trinajstić information content (AvgIpc) is 3.19. The molecule has 0 radical (unpaired) electrons. The van der Waals surface area contributed by atoms with E-state index in [2.05, 4.69) is 39.3 Å². The molecule has 4 aromatic rings. The molecule has 0 fully saturated rings. The molecule has 3 aromatic heterocycles. The van der Waals surface area contributed by atoms with E-state index in [1.165, 1.54) is 0 Å². The molecule has 1 aromatic carbocycles. The van der Waals surface area contributed by atoms with Gasteiger partial charge in [-0.25, -0.2) is 4.98 Å². The van der Waals surface area contributed by atoms with Gasteiger partial charge in [0, 0.05) is 29.4 Å². The number of hydrogen-bond acceptors (Lipinski definition) is 4. The summed E-state index contributed by atoms with van der Waals surface area (Å²) < 4.78 is 7.28. The van der Waals surface area contributed by atoms with Crippen molar-refractivity contribution >= 4 is 11.0 Å². The molecular formula is C18H19N5O. The summed E-state index contributed by atoms with van der Waals surface area (Å²) >= 11 is 0. The Balaban J connectivity index is 2.07. The Morgan fingerprint density at radius 1 is 1.04 bits per heavy atom. The van der Waals surface area contributed by atoms with Crippen LogP contribution in [0.15, 0.2) is 23.0 Å². The van der Waals surface area contributed by atoms with Crippen molar-refractivity contribution in [1.82, 2.24) is 24.9 Å². The highest BCUT2D eigenvalue weighted by Gasteiger charge is 2.19. The fourth-order valence-corrected chi connectivity index (χ4v) is 3.44. The molecule has 0 bridgehead atoms. The minimum absolute atomic E-state index is 0.800. The Bertz CT molecular complexity index is 1050. The highest BCUT2D eigenvalue weighted by Crippen LogP contribution is 2.37. The third-order valence-electron chi connectivity index (χ3n) is 4.62. The third kappa shape index (κ3) is 1.99. The van der Waals surface area contributed by atoms with Gasteiger partial charge >= 0.3 is 0 Å². The molecule has 4 rings (SSSR count). The maximum atomic E-state index is 5.37. The van der Waals surface area contributed by atoms with Crippen molar-refractivity contribution < 1.29 is 4.52 Å². The van der Waals surface area contributed by atoms with E-state index in [0.717, 1.165) is 56.1 Å². The Kier molecular flexibility index (Phi) is 3.09. The largest absolute Gasteiger partial charge is 0.361 e. The smallest absolute Gasteiger partial charge is 0.141 e. The predicted molar refractivity (Wildman–Crippen MR) is 92.7 cm³/mol. The summed E-state index contributed by atoms with van der Waals surface area (Å²) in [7, 11) is 1.97. The van der Waals surface area contributed by atoms with Gasteiger partial charge < -0.3 is 9.51 Å². The topological polar surface area (TPSA) is 72.5 Å². The molecule has 122 valence electrons. The number of benzene rings is 1. The highest BCUT2D eigenvalue weighted by atomic mass is 16.5. The number of aryl methyl sites for hydroxylation is 4. The van der Waals surface area contributed by atoms with Gasteiger partial charge in [0.25, 0.3) is 0 Å². The van der Waals surface area contributed by atoms with E-state index in [9.17, 15) is 0 Å². The van der Waals surface area contributed by atoms with Crippen molar-refractivity contribution in [2.24, 2.45) is 7.05 Å². The van der Waals surface area contributed by atoms with Crippen molar-refractivity contribution in [2.75, 3.05) is 0 Å². The fraction of sp³-hybridized carbons (Fsp3) is 0.278. The molecule has 0 aliphatic heterocycles. The van der Waals surface area contributed by atoms with Crippen LogP contribution in [0.2, 0.25) is 0 Å². The molecule has 0 amide bonds. The number of nitrogens with zero attached hydrogens (tertiary/aromatic N) is 4. The molecular weight excluding hydrogens is 302 g/mol. The molecule has 0 saturated heterocycles. The molecule has 0 unspecified atom stereocenters. The number of nitrogens with one attached hydrogen (secondary N) is 1. The van der Waals surface area contributed by atoms with Crippen LogP contribution in [0.25, 0.3) is 33.3 Å². The van der Waals surface area contributed by atoms with Crippen LogP contribution in [0.5, 0.6) is 0 Å². The molecule has 0 aliphatic rings. The minimum Gasteiger partial charge on any atom is -0.361 e. The molecule has 3 heterocycles. The lowest BCUT2D eigenvalue weighted by atomic mass is 9.95. The second-order valence-electron chi connectivity index (χ2n) is 6.19. The lowest BCUT2D eigenvalue weighted by Gasteiger charge is -2.08. The van der Waals surface area contributed by atoms with Crippen LogP contribution in [-0.4, -0.2) is 24.9 Å². The summed E-state index contributed by atoms with van der Waals surface area (Å²) in [6.07, 6.45) is 1.72. The number of aromatic nitrogens is 5. The first-order valence-corrected chi connectivity index (χ1v) is 7.88. The van der Waals surface area contributed by atoms with Gasteiger partial charge in [0.2, 0.25) is 0 Å². The quantitative estimate of drug-likeness (QED) is 0.608. The Morgan fingerprint density at radius 3 is 2.46 bits per heavy atom. The second kappa shape index (κ2) is 5.06. The van der Waals surface area contributed by atoms with Gasteiger partial charge in [-0.2, -0.15) is 5.10 Å². The van der Waals surface area contributed by atoms with Gasteiger partial charge in [0.15, 0.2) is 0 Å². The van der Waals surface area contributed by atoms with Crippen LogP contribution in [0.4, 0.5) is 0 Å². The zero-order valence-corrected chi connectivity index (χ0v) is 14.4. The van der Waals surface area contributed by atoms with Gasteiger partial charge in [-0.3, -0.25) is 4.68 Å². The van der Waals surface area contributed by atoms with Crippen molar-refractivity contribution in [2.45, 2.75) is 27.7 Å². The molecule has 0 saturated carbocycles. The van der Waals surface area contributed by atoms with Crippen molar-refractivity contribution in [3.63, 3.8) is 0 Å². The zero-order chi connectivity index (χ0) is 17.0. The average molecular weight is 321 g/mol. The maximum absolute atomic E-state index is 5.37. The van der Waals surface area contributed by atoms with E-state index >= 15 is 0 Å². The van der Waals surface area contributed by atoms with Gasteiger partial charge in [-0.15, -0.1) is 0 Å². The van der Waals surface area contributed by atoms with E-state index in [-0.39, 0.29) is 0 Å². The van der Waals surface area contributed by atoms with Crippen molar-refractivity contribution in [3.05, 3.63) is 41.3 Å². The Morgan fingerprint density at radius 2 is 1.83 bits per heavy atom. The van der Waals surface area contributed by atoms with Crippen LogP contribution < -0.4 is 0 Å². The van der Waals surface area contributed by atoms with Crippen LogP contribution in [0, 0.1) is 27.7 Å². The number of imidazole rings is 1. The number of hydrogen-bond donors (Lipinski definition) is 1. The van der Waals surface area contributed by atoms with E-state index in [1.807, 2.05) is 32.5 Å². The standard InChI is InChI=1S/C18H19N5O/c1-9-16(11(3)23(5)21-9)13-6-14(17-10(2)22-24-12(17)4)18-15(7-13)19-8-20-18/h6-8H,1-5H3,(H,19,20). The molecule has 0 spiro atoms. The summed E-state index contributed by atoms with van der Waals surface area (Å²) in [5.74, 6) is 0.800. The fourth-order valence-electron chi connectivity index (χ4n) is 3.44. The molecule has 24 heavy (non-hydrogen) atoms.